The molecule has 1 aromatic carbocycles. The molecule has 1 N–H and O–H groups in total. The van der Waals surface area contributed by atoms with E-state index in [1.807, 2.05) is 19.1 Å². The lowest BCUT2D eigenvalue weighted by Gasteiger charge is -2.14. The molecule has 0 heterocycles. The summed E-state index contributed by atoms with van der Waals surface area (Å²) < 4.78 is 16.0. The third kappa shape index (κ3) is 4.55. The fraction of sp³-hybridized carbons (Fsp3) is 0.571. The Labute approximate surface area is 109 Å². The van der Waals surface area contributed by atoms with Gasteiger partial charge in [-0.25, -0.2) is 0 Å². The fourth-order valence-corrected chi connectivity index (χ4v) is 1.73. The van der Waals surface area contributed by atoms with Crippen LogP contribution in [0.1, 0.15) is 18.9 Å². The molecule has 0 aliphatic rings. The predicted molar refractivity (Wildman–Crippen MR) is 72.4 cm³/mol. The van der Waals surface area contributed by atoms with E-state index in [9.17, 15) is 0 Å². The van der Waals surface area contributed by atoms with E-state index in [2.05, 4.69) is 11.4 Å². The summed E-state index contributed by atoms with van der Waals surface area (Å²) in [6.07, 6.45) is 1.00. The predicted octanol–water partition coefficient (Wildman–Crippen LogP) is 2.22. The van der Waals surface area contributed by atoms with Gasteiger partial charge in [0.2, 0.25) is 0 Å². The van der Waals surface area contributed by atoms with Gasteiger partial charge in [-0.1, -0.05) is 12.1 Å². The molecule has 0 spiro atoms. The zero-order chi connectivity index (χ0) is 13.2. The van der Waals surface area contributed by atoms with Crippen LogP contribution in [0, 0.1) is 0 Å². The molecule has 18 heavy (non-hydrogen) atoms. The second-order valence-electron chi connectivity index (χ2n) is 3.90. The summed E-state index contributed by atoms with van der Waals surface area (Å²) in [5.74, 6) is 1.62. The van der Waals surface area contributed by atoms with Crippen LogP contribution in [0.15, 0.2) is 18.2 Å². The minimum absolute atomic E-state index is 0.636. The smallest absolute Gasteiger partial charge is 0.165 e. The van der Waals surface area contributed by atoms with Crippen LogP contribution >= 0.6 is 0 Å². The standard InChI is InChI=1S/C14H23NO3/c1-4-18-14-12(7-5-8-13(14)17-3)11-15-9-6-10-16-2/h5,7-8,15H,4,6,9-11H2,1-3H3. The normalized spacial score (nSPS) is 10.4. The Balaban J connectivity index is 2.57. The number of rotatable bonds is 9. The van der Waals surface area contributed by atoms with Gasteiger partial charge < -0.3 is 19.5 Å². The Morgan fingerprint density at radius 3 is 2.72 bits per heavy atom. The number of ether oxygens (including phenoxy) is 3. The molecular weight excluding hydrogens is 230 g/mol. The number of nitrogens with one attached hydrogen (secondary N) is 1. The molecule has 0 aliphatic heterocycles. The first-order valence-corrected chi connectivity index (χ1v) is 6.31. The number of methoxy groups -OCH3 is 2. The molecule has 0 aliphatic carbocycles. The second-order valence-corrected chi connectivity index (χ2v) is 3.90. The molecule has 102 valence electrons. The lowest BCUT2D eigenvalue weighted by atomic mass is 10.2. The molecule has 0 unspecified atom stereocenters. The van der Waals surface area contributed by atoms with Crippen molar-refractivity contribution in [3.63, 3.8) is 0 Å². The molecule has 4 nitrogen and oxygen atoms in total. The quantitative estimate of drug-likeness (QED) is 0.685. The topological polar surface area (TPSA) is 39.7 Å². The van der Waals surface area contributed by atoms with E-state index in [1.54, 1.807) is 14.2 Å². The summed E-state index contributed by atoms with van der Waals surface area (Å²) in [6.45, 7) is 5.09. The molecule has 0 saturated carbocycles. The number of para-hydroxylation sites is 1. The second kappa shape index (κ2) is 8.78. The number of hydrogen-bond donors (Lipinski definition) is 1. The summed E-state index contributed by atoms with van der Waals surface area (Å²) in [6, 6.07) is 5.95. The largest absolute Gasteiger partial charge is 0.493 e. The molecule has 0 atom stereocenters. The van der Waals surface area contributed by atoms with Crippen LogP contribution in [0.4, 0.5) is 0 Å². The van der Waals surface area contributed by atoms with Crippen LogP contribution < -0.4 is 14.8 Å². The summed E-state index contributed by atoms with van der Waals surface area (Å²) in [5, 5.41) is 3.37. The third-order valence-electron chi connectivity index (χ3n) is 2.59. The molecule has 4 heteroatoms. The van der Waals surface area contributed by atoms with Crippen molar-refractivity contribution in [3.05, 3.63) is 23.8 Å². The summed E-state index contributed by atoms with van der Waals surface area (Å²) in [5.41, 5.74) is 1.12. The average molecular weight is 253 g/mol. The zero-order valence-corrected chi connectivity index (χ0v) is 11.5. The van der Waals surface area contributed by atoms with Gasteiger partial charge in [0, 0.05) is 25.8 Å². The zero-order valence-electron chi connectivity index (χ0n) is 11.5. The molecule has 1 aromatic rings. The van der Waals surface area contributed by atoms with E-state index >= 15 is 0 Å². The summed E-state index contributed by atoms with van der Waals surface area (Å²) in [4.78, 5) is 0. The lowest BCUT2D eigenvalue weighted by Crippen LogP contribution is -2.17. The van der Waals surface area contributed by atoms with Crippen LogP contribution in [-0.4, -0.2) is 34.0 Å². The molecule has 0 aromatic heterocycles. The first-order valence-electron chi connectivity index (χ1n) is 6.31. The monoisotopic (exact) mass is 253 g/mol. The highest BCUT2D eigenvalue weighted by Gasteiger charge is 2.09. The van der Waals surface area contributed by atoms with Crippen molar-refractivity contribution >= 4 is 0 Å². The maximum absolute atomic E-state index is 5.65. The molecule has 0 saturated heterocycles. The Bertz CT molecular complexity index is 342. The molecule has 0 bridgehead atoms. The molecule has 0 fully saturated rings. The van der Waals surface area contributed by atoms with Crippen molar-refractivity contribution in [1.29, 1.82) is 0 Å². The Morgan fingerprint density at radius 2 is 2.06 bits per heavy atom. The lowest BCUT2D eigenvalue weighted by molar-refractivity contribution is 0.194. The highest BCUT2D eigenvalue weighted by atomic mass is 16.5. The van der Waals surface area contributed by atoms with Crippen LogP contribution in [0.25, 0.3) is 0 Å². The van der Waals surface area contributed by atoms with E-state index in [0.717, 1.165) is 43.2 Å². The van der Waals surface area contributed by atoms with Gasteiger partial charge in [-0.3, -0.25) is 0 Å². The molecule has 0 radical (unpaired) electrons. The SMILES string of the molecule is CCOc1c(CNCCCOC)cccc1OC. The van der Waals surface area contributed by atoms with E-state index in [4.69, 9.17) is 14.2 Å². The first-order chi connectivity index (χ1) is 8.83. The minimum atomic E-state index is 0.636. The van der Waals surface area contributed by atoms with E-state index < -0.39 is 0 Å². The Kier molecular flexibility index (Phi) is 7.22. The Hall–Kier alpha value is -1.26. The van der Waals surface area contributed by atoms with E-state index in [-0.39, 0.29) is 0 Å². The van der Waals surface area contributed by atoms with Gasteiger partial charge in [-0.05, 0) is 26.0 Å². The van der Waals surface area contributed by atoms with Gasteiger partial charge in [0.1, 0.15) is 0 Å². The van der Waals surface area contributed by atoms with Crippen LogP contribution in [-0.2, 0) is 11.3 Å². The van der Waals surface area contributed by atoms with E-state index in [1.165, 1.54) is 0 Å². The van der Waals surface area contributed by atoms with Gasteiger partial charge in [-0.2, -0.15) is 0 Å². The highest BCUT2D eigenvalue weighted by Crippen LogP contribution is 2.30. The van der Waals surface area contributed by atoms with Gasteiger partial charge in [0.05, 0.1) is 13.7 Å². The maximum atomic E-state index is 5.65. The first kappa shape index (κ1) is 14.8. The highest BCUT2D eigenvalue weighted by molar-refractivity contribution is 5.46. The Morgan fingerprint density at radius 1 is 1.22 bits per heavy atom. The van der Waals surface area contributed by atoms with Crippen molar-refractivity contribution < 1.29 is 14.2 Å². The van der Waals surface area contributed by atoms with Crippen molar-refractivity contribution in [3.8, 4) is 11.5 Å². The van der Waals surface area contributed by atoms with Crippen molar-refractivity contribution in [2.75, 3.05) is 34.0 Å². The molecular formula is C14H23NO3. The van der Waals surface area contributed by atoms with Gasteiger partial charge in [0.15, 0.2) is 11.5 Å². The van der Waals surface area contributed by atoms with Gasteiger partial charge in [-0.15, -0.1) is 0 Å². The number of benzene rings is 1. The van der Waals surface area contributed by atoms with Gasteiger partial charge in [0.25, 0.3) is 0 Å². The number of hydrogen-bond acceptors (Lipinski definition) is 4. The molecule has 1 rings (SSSR count). The average Bonchev–Trinajstić information content (AvgIpc) is 2.40. The molecule has 0 amide bonds. The minimum Gasteiger partial charge on any atom is -0.493 e. The van der Waals surface area contributed by atoms with Crippen LogP contribution in [0.5, 0.6) is 11.5 Å². The maximum Gasteiger partial charge on any atom is 0.165 e. The van der Waals surface area contributed by atoms with Crippen LogP contribution in [0.3, 0.4) is 0 Å². The van der Waals surface area contributed by atoms with Gasteiger partial charge >= 0.3 is 0 Å². The van der Waals surface area contributed by atoms with Crippen molar-refractivity contribution in [2.45, 2.75) is 19.9 Å². The summed E-state index contributed by atoms with van der Waals surface area (Å²) >= 11 is 0. The van der Waals surface area contributed by atoms with E-state index in [0.29, 0.717) is 6.61 Å². The third-order valence-corrected chi connectivity index (χ3v) is 2.59. The summed E-state index contributed by atoms with van der Waals surface area (Å²) in [7, 11) is 3.38. The fourth-order valence-electron chi connectivity index (χ4n) is 1.73. The van der Waals surface area contributed by atoms with Crippen molar-refractivity contribution in [2.24, 2.45) is 0 Å². The van der Waals surface area contributed by atoms with Crippen LogP contribution in [0.2, 0.25) is 0 Å². The van der Waals surface area contributed by atoms with Crippen molar-refractivity contribution in [1.82, 2.24) is 5.32 Å².